The third kappa shape index (κ3) is 24.9. The molecule has 0 aliphatic heterocycles. The van der Waals surface area contributed by atoms with Crippen LogP contribution in [-0.2, 0) is 0 Å². The fourth-order valence-electron chi connectivity index (χ4n) is 0. The summed E-state index contributed by atoms with van der Waals surface area (Å²) >= 11 is 0. The summed E-state index contributed by atoms with van der Waals surface area (Å²) in [4.78, 5) is 0. The Morgan fingerprint density at radius 3 is 1.50 bits per heavy atom. The number of hydrogen-bond donors (Lipinski definition) is 0. The van der Waals surface area contributed by atoms with Crippen LogP contribution in [0.4, 0.5) is 0 Å². The summed E-state index contributed by atoms with van der Waals surface area (Å²) in [6.07, 6.45) is 0. The minimum absolute atomic E-state index is 1.24. The lowest BCUT2D eigenvalue weighted by Crippen LogP contribution is -2.08. The lowest BCUT2D eigenvalue weighted by molar-refractivity contribution is 1.18. The maximum Gasteiger partial charge on any atom is 0.169 e. The first-order valence-electron chi connectivity index (χ1n) is 1.34. The Bertz CT molecular complexity index is 10.8. The van der Waals surface area contributed by atoms with Gasteiger partial charge in [-0.15, -0.1) is 0 Å². The van der Waals surface area contributed by atoms with Gasteiger partial charge in [-0.25, -0.2) is 0 Å². The van der Waals surface area contributed by atoms with E-state index in [-0.39, 0.29) is 0 Å². The van der Waals surface area contributed by atoms with Crippen LogP contribution in [0.25, 0.3) is 0 Å². The van der Waals surface area contributed by atoms with Crippen LogP contribution in [0.5, 0.6) is 0 Å². The molecule has 0 saturated heterocycles. The molecule has 0 aliphatic rings. The molecule has 0 rings (SSSR count). The first-order valence-corrected chi connectivity index (χ1v) is 3.13. The maximum atomic E-state index is 2.28. The van der Waals surface area contributed by atoms with Gasteiger partial charge in [-0.3, -0.25) is 0 Å². The largest absolute Gasteiger partial charge is 0.408 e. The number of hydrogen-bond acceptors (Lipinski definition) is 1. The van der Waals surface area contributed by atoms with Crippen molar-refractivity contribution in [3.8, 4) is 0 Å². The highest BCUT2D eigenvalue weighted by molar-refractivity contribution is 6.41. The monoisotopic (exact) mass is 89.0 g/mol. The highest BCUT2D eigenvalue weighted by Gasteiger charge is 1.60. The fraction of sp³-hybridized carbons (Fsp3) is 0. The normalized spacial score (nSPS) is 10.2. The molecule has 0 saturated carbocycles. The first-order chi connectivity index (χ1) is 1.73. The van der Waals surface area contributed by atoms with E-state index >= 15 is 0 Å². The molecule has 0 aromatic heterocycles. The van der Waals surface area contributed by atoms with Crippen molar-refractivity contribution in [3.63, 3.8) is 0 Å². The molecule has 0 heterocycles. The number of rotatable bonds is 0. The molecule has 1 nitrogen and oxygen atoms in total. The zero-order valence-corrected chi connectivity index (χ0v) is 7.45. The van der Waals surface area contributed by atoms with Crippen molar-refractivity contribution >= 4 is 28.8 Å². The summed E-state index contributed by atoms with van der Waals surface area (Å²) < 4.78 is 2.28. The molecule has 4 heavy (non-hydrogen) atoms. The van der Waals surface area contributed by atoms with Crippen LogP contribution in [0.3, 0.4) is 0 Å². The third-order valence-corrected chi connectivity index (χ3v) is 0. The summed E-state index contributed by atoms with van der Waals surface area (Å²) in [6.45, 7) is 0. The highest BCUT2D eigenvalue weighted by Crippen LogP contribution is 1.38. The zero-order valence-electron chi connectivity index (χ0n) is 3.45. The second kappa shape index (κ2) is 1.75. The Morgan fingerprint density at radius 2 is 1.50 bits per heavy atom. The van der Waals surface area contributed by atoms with Gasteiger partial charge in [0.25, 0.3) is 0 Å². The van der Waals surface area contributed by atoms with Gasteiger partial charge in [-0.2, -0.15) is 0 Å². The van der Waals surface area contributed by atoms with E-state index in [1.165, 1.54) is 20.8 Å². The van der Waals surface area contributed by atoms with Gasteiger partial charge in [0.1, 0.15) is 0 Å². The van der Waals surface area contributed by atoms with Crippen molar-refractivity contribution in [2.24, 2.45) is 0 Å². The molecular formula is H8BNSi2. The van der Waals surface area contributed by atoms with Gasteiger partial charge in [-0.05, 0) is 0 Å². The van der Waals surface area contributed by atoms with Crippen molar-refractivity contribution in [1.29, 1.82) is 0 Å². The van der Waals surface area contributed by atoms with Crippen LogP contribution in [0.1, 0.15) is 0 Å². The van der Waals surface area contributed by atoms with Crippen LogP contribution in [0.2, 0.25) is 0 Å². The molecule has 0 spiro atoms. The van der Waals surface area contributed by atoms with E-state index in [9.17, 15) is 0 Å². The van der Waals surface area contributed by atoms with Crippen LogP contribution < -0.4 is 0 Å². The van der Waals surface area contributed by atoms with Crippen LogP contribution in [0.15, 0.2) is 0 Å². The van der Waals surface area contributed by atoms with Crippen molar-refractivity contribution in [3.05, 3.63) is 0 Å². The zero-order chi connectivity index (χ0) is 3.58. The van der Waals surface area contributed by atoms with E-state index in [4.69, 9.17) is 0 Å². The van der Waals surface area contributed by atoms with Gasteiger partial charge < -0.3 is 4.14 Å². The topological polar surface area (TPSA) is 3.24 Å². The van der Waals surface area contributed by atoms with Crippen molar-refractivity contribution < 1.29 is 0 Å². The molecule has 0 aliphatic carbocycles. The van der Waals surface area contributed by atoms with Crippen LogP contribution in [-0.4, -0.2) is 32.9 Å². The lowest BCUT2D eigenvalue weighted by atomic mass is 10.5. The summed E-state index contributed by atoms with van der Waals surface area (Å²) in [7, 11) is 4.61. The summed E-state index contributed by atoms with van der Waals surface area (Å²) in [6, 6.07) is 0. The average molecular weight is 89.1 g/mol. The molecule has 0 amide bonds. The smallest absolute Gasteiger partial charge is 0.169 e. The standard InChI is InChI=1S/BH8NSi2/c1-2(3)4/h1H2,3-4H3. The van der Waals surface area contributed by atoms with Gasteiger partial charge in [0.2, 0.25) is 0 Å². The molecule has 0 N–H and O–H groups in total. The molecule has 0 aromatic rings. The predicted molar refractivity (Wildman–Crippen MR) is 30.3 cm³/mol. The van der Waals surface area contributed by atoms with Crippen LogP contribution >= 0.6 is 0 Å². The minimum Gasteiger partial charge on any atom is -0.408 e. The Morgan fingerprint density at radius 1 is 1.50 bits per heavy atom. The van der Waals surface area contributed by atoms with Gasteiger partial charge in [0.15, 0.2) is 7.98 Å². The lowest BCUT2D eigenvalue weighted by Gasteiger charge is -1.91. The van der Waals surface area contributed by atoms with E-state index in [2.05, 4.69) is 12.1 Å². The molecular weight excluding hydrogens is 81.0 g/mol. The quantitative estimate of drug-likeness (QED) is 0.277. The van der Waals surface area contributed by atoms with Gasteiger partial charge >= 0.3 is 0 Å². The third-order valence-electron chi connectivity index (χ3n) is 0. The predicted octanol–water partition coefficient (Wildman–Crippen LogP) is -3.60. The van der Waals surface area contributed by atoms with Gasteiger partial charge in [0.05, 0.1) is 20.8 Å². The average Bonchev–Trinajstić information content (AvgIpc) is 0.811. The van der Waals surface area contributed by atoms with Crippen molar-refractivity contribution in [2.75, 3.05) is 0 Å². The van der Waals surface area contributed by atoms with Crippen molar-refractivity contribution in [2.45, 2.75) is 0 Å². The number of nitrogens with zero attached hydrogens (tertiary/aromatic N) is 1. The Labute approximate surface area is 33.8 Å². The Kier molecular flexibility index (Phi) is 1.95. The van der Waals surface area contributed by atoms with Crippen LogP contribution in [0, 0.1) is 0 Å². The molecule has 24 valence electrons. The van der Waals surface area contributed by atoms with Crippen molar-refractivity contribution in [1.82, 2.24) is 4.14 Å². The van der Waals surface area contributed by atoms with Gasteiger partial charge in [-0.1, -0.05) is 0 Å². The van der Waals surface area contributed by atoms with E-state index < -0.39 is 0 Å². The molecule has 4 heteroatoms. The van der Waals surface area contributed by atoms with E-state index in [1.54, 1.807) is 0 Å². The minimum atomic E-state index is 1.24. The second-order valence-corrected chi connectivity index (χ2v) is 6.71. The molecule has 0 bridgehead atoms. The molecule has 0 radical (unpaired) electrons. The van der Waals surface area contributed by atoms with E-state index in [0.29, 0.717) is 0 Å². The SMILES string of the molecule is BN([SiH3])[SiH3]. The maximum absolute atomic E-state index is 2.28. The van der Waals surface area contributed by atoms with Gasteiger partial charge in [0, 0.05) is 0 Å². The Hall–Kier alpha value is 0.459. The molecule has 0 unspecified atom stereocenters. The fourth-order valence-corrected chi connectivity index (χ4v) is 0. The summed E-state index contributed by atoms with van der Waals surface area (Å²) in [5.41, 5.74) is 0. The molecule has 0 atom stereocenters. The highest BCUT2D eigenvalue weighted by atomic mass is 28.2. The van der Waals surface area contributed by atoms with E-state index in [1.807, 2.05) is 0 Å². The molecule has 0 aromatic carbocycles. The summed E-state index contributed by atoms with van der Waals surface area (Å²) in [5.74, 6) is 0. The molecule has 0 fully saturated rings. The first kappa shape index (κ1) is 4.46. The second-order valence-electron chi connectivity index (χ2n) is 1.34. The Balaban J connectivity index is 2.32. The summed E-state index contributed by atoms with van der Waals surface area (Å²) in [5, 5.41) is 0. The van der Waals surface area contributed by atoms with E-state index in [0.717, 1.165) is 0 Å².